The number of nitrogens with zero attached hydrogens (tertiary/aromatic N) is 2. The van der Waals surface area contributed by atoms with E-state index < -0.39 is 10.8 Å². The zero-order valence-electron chi connectivity index (χ0n) is 11.5. The molecule has 0 aliphatic carbocycles. The highest BCUT2D eigenvalue weighted by atomic mass is 32.2. The summed E-state index contributed by atoms with van der Waals surface area (Å²) >= 11 is 0. The standard InChI is InChI=1S/C13H21N3OS/c1-10(5-6-18(4)17)15-9-12-7-13(8-14)16(3)11(12)2/h7,10,15H,5-6,9H2,1-4H3. The molecule has 0 fully saturated rings. The SMILES string of the molecule is Cc1c(CNC(C)CCS(C)=O)cc(C#N)n1C. The summed E-state index contributed by atoms with van der Waals surface area (Å²) in [6, 6.07) is 4.44. The third kappa shape index (κ3) is 3.97. The molecule has 1 rings (SSSR count). The molecule has 1 N–H and O–H groups in total. The Morgan fingerprint density at radius 3 is 2.78 bits per heavy atom. The van der Waals surface area contributed by atoms with Crippen LogP contribution in [0.4, 0.5) is 0 Å². The highest BCUT2D eigenvalue weighted by Gasteiger charge is 2.09. The van der Waals surface area contributed by atoms with Crippen LogP contribution in [0.15, 0.2) is 6.07 Å². The van der Waals surface area contributed by atoms with E-state index >= 15 is 0 Å². The van der Waals surface area contributed by atoms with E-state index in [1.54, 1.807) is 6.26 Å². The molecule has 18 heavy (non-hydrogen) atoms. The van der Waals surface area contributed by atoms with Gasteiger partial charge in [0.1, 0.15) is 11.8 Å². The van der Waals surface area contributed by atoms with Crippen molar-refractivity contribution in [2.45, 2.75) is 32.9 Å². The molecule has 1 aromatic rings. The molecule has 0 aliphatic rings. The first-order chi connectivity index (χ1) is 8.45. The topological polar surface area (TPSA) is 57.8 Å². The molecular weight excluding hydrogens is 246 g/mol. The average molecular weight is 267 g/mol. The molecule has 0 amide bonds. The Kier molecular flexibility index (Phi) is 5.57. The minimum Gasteiger partial charge on any atom is -0.340 e. The first-order valence-corrected chi connectivity index (χ1v) is 7.77. The van der Waals surface area contributed by atoms with E-state index in [2.05, 4.69) is 18.3 Å². The van der Waals surface area contributed by atoms with E-state index in [0.717, 1.165) is 30.0 Å². The Labute approximate surface area is 111 Å². The van der Waals surface area contributed by atoms with Crippen LogP contribution in [0.1, 0.15) is 30.3 Å². The Bertz CT molecular complexity index is 473. The van der Waals surface area contributed by atoms with E-state index in [4.69, 9.17) is 5.26 Å². The molecule has 0 aliphatic heterocycles. The van der Waals surface area contributed by atoms with Crippen LogP contribution in [-0.2, 0) is 24.4 Å². The normalized spacial score (nSPS) is 14.2. The summed E-state index contributed by atoms with van der Waals surface area (Å²) in [7, 11) is 1.18. The lowest BCUT2D eigenvalue weighted by atomic mass is 10.2. The van der Waals surface area contributed by atoms with Gasteiger partial charge in [-0.15, -0.1) is 0 Å². The van der Waals surface area contributed by atoms with Gasteiger partial charge in [-0.2, -0.15) is 5.26 Å². The summed E-state index contributed by atoms with van der Waals surface area (Å²) in [5.74, 6) is 0.728. The van der Waals surface area contributed by atoms with Crippen molar-refractivity contribution in [2.24, 2.45) is 7.05 Å². The molecule has 0 saturated carbocycles. The fourth-order valence-corrected chi connectivity index (χ4v) is 2.46. The van der Waals surface area contributed by atoms with Gasteiger partial charge in [-0.3, -0.25) is 4.21 Å². The van der Waals surface area contributed by atoms with E-state index in [1.807, 2.05) is 24.6 Å². The fraction of sp³-hybridized carbons (Fsp3) is 0.615. The lowest BCUT2D eigenvalue weighted by Crippen LogP contribution is -2.27. The maximum atomic E-state index is 11.0. The summed E-state index contributed by atoms with van der Waals surface area (Å²) in [6.45, 7) is 4.86. The second-order valence-corrected chi connectivity index (χ2v) is 6.21. The number of hydrogen-bond acceptors (Lipinski definition) is 3. The molecular formula is C13H21N3OS. The molecule has 5 heteroatoms. The van der Waals surface area contributed by atoms with Gasteiger partial charge in [0.15, 0.2) is 0 Å². The van der Waals surface area contributed by atoms with Gasteiger partial charge in [0.05, 0.1) is 0 Å². The van der Waals surface area contributed by atoms with Crippen molar-refractivity contribution in [1.29, 1.82) is 5.26 Å². The largest absolute Gasteiger partial charge is 0.340 e. The number of nitrogens with one attached hydrogen (secondary N) is 1. The number of nitriles is 1. The van der Waals surface area contributed by atoms with Gasteiger partial charge < -0.3 is 9.88 Å². The average Bonchev–Trinajstić information content (AvgIpc) is 2.61. The van der Waals surface area contributed by atoms with Crippen LogP contribution in [0, 0.1) is 18.3 Å². The first kappa shape index (κ1) is 14.9. The van der Waals surface area contributed by atoms with Gasteiger partial charge in [-0.25, -0.2) is 0 Å². The molecule has 100 valence electrons. The van der Waals surface area contributed by atoms with Crippen LogP contribution >= 0.6 is 0 Å². The molecule has 1 heterocycles. The van der Waals surface area contributed by atoms with Crippen LogP contribution in [0.3, 0.4) is 0 Å². The molecule has 1 aromatic heterocycles. The minimum atomic E-state index is -0.727. The summed E-state index contributed by atoms with van der Waals surface area (Å²) < 4.78 is 12.9. The van der Waals surface area contributed by atoms with Crippen LogP contribution in [0.2, 0.25) is 0 Å². The van der Waals surface area contributed by atoms with Gasteiger partial charge in [0.25, 0.3) is 0 Å². The molecule has 0 bridgehead atoms. The highest BCUT2D eigenvalue weighted by molar-refractivity contribution is 7.84. The summed E-state index contributed by atoms with van der Waals surface area (Å²) in [4.78, 5) is 0. The third-order valence-electron chi connectivity index (χ3n) is 3.23. The molecule has 0 spiro atoms. The molecule has 2 unspecified atom stereocenters. The molecule has 4 nitrogen and oxygen atoms in total. The van der Waals surface area contributed by atoms with E-state index in [0.29, 0.717) is 11.7 Å². The molecule has 0 aromatic carbocycles. The van der Waals surface area contributed by atoms with Crippen LogP contribution in [-0.4, -0.2) is 26.8 Å². The lowest BCUT2D eigenvalue weighted by Gasteiger charge is -2.13. The van der Waals surface area contributed by atoms with E-state index in [9.17, 15) is 4.21 Å². The number of aromatic nitrogens is 1. The Balaban J connectivity index is 2.54. The van der Waals surface area contributed by atoms with Crippen molar-refractivity contribution in [3.63, 3.8) is 0 Å². The van der Waals surface area contributed by atoms with Crippen LogP contribution < -0.4 is 5.32 Å². The Morgan fingerprint density at radius 1 is 1.61 bits per heavy atom. The second-order valence-electron chi connectivity index (χ2n) is 4.66. The molecule has 0 radical (unpaired) electrons. The van der Waals surface area contributed by atoms with Crippen molar-refractivity contribution in [3.05, 3.63) is 23.0 Å². The van der Waals surface area contributed by atoms with Crippen molar-refractivity contribution in [3.8, 4) is 6.07 Å². The van der Waals surface area contributed by atoms with Gasteiger partial charge in [-0.05, 0) is 31.9 Å². The van der Waals surface area contributed by atoms with E-state index in [1.165, 1.54) is 0 Å². The quantitative estimate of drug-likeness (QED) is 0.848. The number of rotatable bonds is 6. The van der Waals surface area contributed by atoms with Crippen molar-refractivity contribution in [2.75, 3.05) is 12.0 Å². The van der Waals surface area contributed by atoms with Crippen LogP contribution in [0.25, 0.3) is 0 Å². The first-order valence-electron chi connectivity index (χ1n) is 6.04. The van der Waals surface area contributed by atoms with Gasteiger partial charge in [-0.1, -0.05) is 0 Å². The predicted molar refractivity (Wildman–Crippen MR) is 74.7 cm³/mol. The zero-order chi connectivity index (χ0) is 13.7. The van der Waals surface area contributed by atoms with Gasteiger partial charge >= 0.3 is 0 Å². The molecule has 0 saturated heterocycles. The van der Waals surface area contributed by atoms with E-state index in [-0.39, 0.29) is 0 Å². The van der Waals surface area contributed by atoms with Crippen molar-refractivity contribution in [1.82, 2.24) is 9.88 Å². The Morgan fingerprint density at radius 2 is 2.28 bits per heavy atom. The van der Waals surface area contributed by atoms with Crippen molar-refractivity contribution >= 4 is 10.8 Å². The number of hydrogen-bond donors (Lipinski definition) is 1. The monoisotopic (exact) mass is 267 g/mol. The van der Waals surface area contributed by atoms with Gasteiger partial charge in [0, 0.05) is 48.1 Å². The zero-order valence-corrected chi connectivity index (χ0v) is 12.3. The lowest BCUT2D eigenvalue weighted by molar-refractivity contribution is 0.533. The van der Waals surface area contributed by atoms with Gasteiger partial charge in [0.2, 0.25) is 0 Å². The maximum Gasteiger partial charge on any atom is 0.120 e. The second kappa shape index (κ2) is 6.72. The summed E-state index contributed by atoms with van der Waals surface area (Å²) in [5, 5.41) is 12.4. The van der Waals surface area contributed by atoms with Crippen molar-refractivity contribution < 1.29 is 4.21 Å². The maximum absolute atomic E-state index is 11.0. The minimum absolute atomic E-state index is 0.332. The molecule has 2 atom stereocenters. The smallest absolute Gasteiger partial charge is 0.120 e. The van der Waals surface area contributed by atoms with Crippen LogP contribution in [0.5, 0.6) is 0 Å². The fourth-order valence-electron chi connectivity index (χ4n) is 1.78. The summed E-state index contributed by atoms with van der Waals surface area (Å²) in [6.07, 6.45) is 2.63. The summed E-state index contributed by atoms with van der Waals surface area (Å²) in [5.41, 5.74) is 2.95. The highest BCUT2D eigenvalue weighted by Crippen LogP contribution is 2.13. The third-order valence-corrected chi connectivity index (χ3v) is 4.04. The predicted octanol–water partition coefficient (Wildman–Crippen LogP) is 1.45. The Hall–Kier alpha value is -1.12.